The first-order valence-corrected chi connectivity index (χ1v) is 14.3. The highest BCUT2D eigenvalue weighted by Gasteiger charge is 2.51. The van der Waals surface area contributed by atoms with Gasteiger partial charge in [-0.15, -0.1) is 0 Å². The number of nitrogens with zero attached hydrogens (tertiary/aromatic N) is 4. The van der Waals surface area contributed by atoms with Gasteiger partial charge in [0, 0.05) is 18.1 Å². The molecule has 2 saturated heterocycles. The fourth-order valence-corrected chi connectivity index (χ4v) is 5.79. The summed E-state index contributed by atoms with van der Waals surface area (Å²) in [5.74, 6) is -0.811. The molecule has 0 aliphatic carbocycles. The molecule has 202 valence electrons. The number of hydrogen-bond donors (Lipinski definition) is 1. The van der Waals surface area contributed by atoms with Crippen molar-refractivity contribution in [3.63, 3.8) is 0 Å². The molecule has 5 rings (SSSR count). The molecule has 39 heavy (non-hydrogen) atoms. The smallest absolute Gasteiger partial charge is 0.333 e. The molecule has 0 unspecified atom stereocenters. The van der Waals surface area contributed by atoms with Crippen molar-refractivity contribution in [2.24, 2.45) is 0 Å². The molecule has 0 aromatic heterocycles. The van der Waals surface area contributed by atoms with E-state index in [1.165, 1.54) is 22.0 Å². The van der Waals surface area contributed by atoms with Crippen LogP contribution in [0.4, 0.5) is 9.18 Å². The molecule has 2 aliphatic heterocycles. The molecular weight excluding hydrogens is 636 g/mol. The summed E-state index contributed by atoms with van der Waals surface area (Å²) in [6.07, 6.45) is -0.740. The summed E-state index contributed by atoms with van der Waals surface area (Å²) >= 11 is 8.32. The molecule has 0 saturated carbocycles. The molecule has 0 bridgehead atoms. The van der Waals surface area contributed by atoms with Gasteiger partial charge in [-0.2, -0.15) is 5.01 Å². The number of nitrogens with one attached hydrogen (secondary N) is 1. The van der Waals surface area contributed by atoms with Crippen LogP contribution in [0, 0.1) is 5.82 Å². The highest BCUT2D eigenvalue weighted by atomic mass is 127. The molecule has 0 radical (unpaired) electrons. The van der Waals surface area contributed by atoms with Gasteiger partial charge in [0.1, 0.15) is 18.0 Å². The molecule has 1 N–H and O–H groups in total. The van der Waals surface area contributed by atoms with Crippen LogP contribution in [0.25, 0.3) is 0 Å². The quantitative estimate of drug-likeness (QED) is 0.239. The van der Waals surface area contributed by atoms with Crippen LogP contribution in [0.2, 0.25) is 5.02 Å². The number of amides is 4. The minimum atomic E-state index is -0.889. The predicted molar refractivity (Wildman–Crippen MR) is 153 cm³/mol. The highest BCUT2D eigenvalue weighted by Crippen LogP contribution is 2.35. The first-order chi connectivity index (χ1) is 18.9. The van der Waals surface area contributed by atoms with Gasteiger partial charge in [0.2, 0.25) is 5.91 Å². The number of benzene rings is 3. The van der Waals surface area contributed by atoms with Crippen LogP contribution in [-0.4, -0.2) is 61.5 Å². The van der Waals surface area contributed by atoms with Gasteiger partial charge in [0.15, 0.2) is 0 Å². The Labute approximate surface area is 244 Å². The average molecular weight is 662 g/mol. The van der Waals surface area contributed by atoms with E-state index in [0.717, 1.165) is 11.1 Å². The van der Waals surface area contributed by atoms with Crippen LogP contribution >= 0.6 is 34.2 Å². The van der Waals surface area contributed by atoms with Gasteiger partial charge < -0.3 is 15.1 Å². The Morgan fingerprint density at radius 1 is 1.00 bits per heavy atom. The second-order valence-electron chi connectivity index (χ2n) is 9.36. The average Bonchev–Trinajstić information content (AvgIpc) is 2.93. The number of hydrazine groups is 1. The number of urea groups is 1. The Morgan fingerprint density at radius 2 is 1.74 bits per heavy atom. The summed E-state index contributed by atoms with van der Waals surface area (Å²) in [5.41, 5.74) is 2.25. The maximum atomic E-state index is 13.9. The summed E-state index contributed by atoms with van der Waals surface area (Å²) in [6, 6.07) is 21.0. The third-order valence-electron chi connectivity index (χ3n) is 6.80. The Morgan fingerprint density at radius 3 is 2.44 bits per heavy atom. The fraction of sp³-hybridized carbons (Fsp3) is 0.250. The van der Waals surface area contributed by atoms with Crippen molar-refractivity contribution in [3.8, 4) is 0 Å². The summed E-state index contributed by atoms with van der Waals surface area (Å²) in [7, 11) is 0. The molecule has 3 aromatic carbocycles. The van der Waals surface area contributed by atoms with Gasteiger partial charge in [0.25, 0.3) is 5.91 Å². The van der Waals surface area contributed by atoms with E-state index in [1.807, 2.05) is 42.5 Å². The zero-order valence-electron chi connectivity index (χ0n) is 20.8. The standard InChI is InChI=1S/C28H26ClFIN5O3/c29-22-8-4-5-20(13-22)15-33-16-24-35(26(27(33)38)21-6-2-1-3-7-21)25(37)17-34(18-31)36(24)28(39)32-14-19-9-11-23(30)12-10-19/h1-13,24,26H,14-18H2,(H,32,39)/t24-,26-/m0/s1. The van der Waals surface area contributed by atoms with Gasteiger partial charge in [-0.05, 0) is 41.0 Å². The molecule has 0 spiro atoms. The lowest BCUT2D eigenvalue weighted by molar-refractivity contribution is -0.188. The third-order valence-corrected chi connectivity index (χ3v) is 7.82. The van der Waals surface area contributed by atoms with Gasteiger partial charge in [-0.3, -0.25) is 9.59 Å². The van der Waals surface area contributed by atoms with Crippen molar-refractivity contribution in [2.75, 3.05) is 17.6 Å². The number of alkyl halides is 1. The van der Waals surface area contributed by atoms with Crippen molar-refractivity contribution >= 4 is 52.0 Å². The first-order valence-electron chi connectivity index (χ1n) is 12.4. The van der Waals surface area contributed by atoms with Crippen molar-refractivity contribution in [3.05, 3.63) is 106 Å². The van der Waals surface area contributed by atoms with Crippen molar-refractivity contribution < 1.29 is 18.8 Å². The minimum absolute atomic E-state index is 0.0473. The zero-order chi connectivity index (χ0) is 27.5. The van der Waals surface area contributed by atoms with Crippen molar-refractivity contribution in [2.45, 2.75) is 25.3 Å². The Balaban J connectivity index is 1.49. The Hall–Kier alpha value is -3.22. The van der Waals surface area contributed by atoms with E-state index in [1.54, 1.807) is 34.2 Å². The molecule has 3 aromatic rings. The lowest BCUT2D eigenvalue weighted by Gasteiger charge is -2.54. The van der Waals surface area contributed by atoms with Crippen LogP contribution < -0.4 is 5.32 Å². The molecule has 2 aliphatic rings. The monoisotopic (exact) mass is 661 g/mol. The number of piperazine rings is 1. The highest BCUT2D eigenvalue weighted by molar-refractivity contribution is 14.1. The lowest BCUT2D eigenvalue weighted by Crippen LogP contribution is -2.74. The van der Waals surface area contributed by atoms with Crippen LogP contribution in [0.5, 0.6) is 0 Å². The second-order valence-corrected chi connectivity index (χ2v) is 10.5. The van der Waals surface area contributed by atoms with Crippen LogP contribution in [0.15, 0.2) is 78.9 Å². The van der Waals surface area contributed by atoms with Gasteiger partial charge in [-0.25, -0.2) is 14.2 Å². The molecule has 2 heterocycles. The second kappa shape index (κ2) is 11.9. The van der Waals surface area contributed by atoms with Gasteiger partial charge in [0.05, 0.1) is 17.6 Å². The number of fused-ring (bicyclic) bond motifs is 1. The van der Waals surface area contributed by atoms with Crippen LogP contribution in [0.1, 0.15) is 22.7 Å². The molecule has 2 atom stereocenters. The predicted octanol–water partition coefficient (Wildman–Crippen LogP) is 4.55. The Kier molecular flexibility index (Phi) is 8.34. The number of halogens is 3. The summed E-state index contributed by atoms with van der Waals surface area (Å²) in [5, 5.41) is 6.67. The maximum absolute atomic E-state index is 13.9. The lowest BCUT2D eigenvalue weighted by atomic mass is 9.98. The molecular formula is C28H26ClFIN5O3. The number of carbonyl (C=O) groups is 3. The van der Waals surface area contributed by atoms with E-state index >= 15 is 0 Å². The Bertz CT molecular complexity index is 1360. The van der Waals surface area contributed by atoms with E-state index in [0.29, 0.717) is 15.1 Å². The van der Waals surface area contributed by atoms with Crippen LogP contribution in [0.3, 0.4) is 0 Å². The van der Waals surface area contributed by atoms with Gasteiger partial charge >= 0.3 is 6.03 Å². The molecule has 2 fully saturated rings. The zero-order valence-corrected chi connectivity index (χ0v) is 23.8. The SMILES string of the molecule is O=C1[C@H](c2ccccc2)N2C(=O)CN(CI)N(C(=O)NCc3ccc(F)cc3)[C@H]2CN1Cc1cccc(Cl)c1. The topological polar surface area (TPSA) is 76.2 Å². The number of rotatable bonds is 6. The number of carbonyl (C=O) groups excluding carboxylic acids is 3. The van der Waals surface area contributed by atoms with E-state index in [9.17, 15) is 18.8 Å². The molecule has 4 amide bonds. The van der Waals surface area contributed by atoms with Crippen molar-refractivity contribution in [1.82, 2.24) is 25.1 Å². The minimum Gasteiger partial charge on any atom is -0.333 e. The van der Waals surface area contributed by atoms with E-state index in [2.05, 4.69) is 27.9 Å². The summed E-state index contributed by atoms with van der Waals surface area (Å²) in [6.45, 7) is 0.529. The summed E-state index contributed by atoms with van der Waals surface area (Å²) < 4.78 is 13.7. The molecule has 8 nitrogen and oxygen atoms in total. The van der Waals surface area contributed by atoms with Crippen LogP contribution in [-0.2, 0) is 22.7 Å². The van der Waals surface area contributed by atoms with Gasteiger partial charge in [-0.1, -0.05) is 88.8 Å². The van der Waals surface area contributed by atoms with Crippen molar-refractivity contribution in [1.29, 1.82) is 0 Å². The van der Waals surface area contributed by atoms with E-state index in [-0.39, 0.29) is 43.8 Å². The fourth-order valence-electron chi connectivity index (χ4n) is 5.01. The first kappa shape index (κ1) is 27.4. The normalized spacial score (nSPS) is 19.7. The maximum Gasteiger partial charge on any atom is 0.334 e. The summed E-state index contributed by atoms with van der Waals surface area (Å²) in [4.78, 5) is 44.3. The third kappa shape index (κ3) is 5.87. The number of hydrogen-bond acceptors (Lipinski definition) is 4. The van der Waals surface area contributed by atoms with E-state index in [4.69, 9.17) is 11.6 Å². The largest absolute Gasteiger partial charge is 0.334 e. The molecule has 11 heteroatoms. The van der Waals surface area contributed by atoms with E-state index < -0.39 is 18.2 Å².